The van der Waals surface area contributed by atoms with Crippen molar-refractivity contribution in [1.82, 2.24) is 4.98 Å². The third-order valence-corrected chi connectivity index (χ3v) is 2.41. The van der Waals surface area contributed by atoms with E-state index in [0.717, 1.165) is 0 Å². The maximum Gasteiger partial charge on any atom is 0.340 e. The molecule has 1 atom stereocenters. The number of pyridine rings is 1. The predicted molar refractivity (Wildman–Crippen MR) is 62.5 cm³/mol. The van der Waals surface area contributed by atoms with E-state index in [1.54, 1.807) is 19.1 Å². The third-order valence-electron chi connectivity index (χ3n) is 1.76. The van der Waals surface area contributed by atoms with Crippen LogP contribution in [0.4, 0.5) is 0 Å². The zero-order chi connectivity index (χ0) is 11.4. The zero-order valence-electron chi connectivity index (χ0n) is 8.46. The number of halogens is 2. The summed E-state index contributed by atoms with van der Waals surface area (Å²) >= 11 is 9.12. The Balaban J connectivity index is 3.11. The lowest BCUT2D eigenvalue weighted by Gasteiger charge is -2.09. The minimum absolute atomic E-state index is 0.0457. The van der Waals surface area contributed by atoms with Crippen molar-refractivity contribution in [2.45, 2.75) is 18.7 Å². The maximum absolute atomic E-state index is 11.6. The Morgan fingerprint density at radius 2 is 2.33 bits per heavy atom. The molecule has 1 aromatic heterocycles. The number of esters is 1. The number of rotatable bonds is 3. The van der Waals surface area contributed by atoms with E-state index in [4.69, 9.17) is 16.3 Å². The molecular formula is C10H11BrClNO2. The number of nitrogens with zero attached hydrogens (tertiary/aromatic N) is 1. The van der Waals surface area contributed by atoms with Gasteiger partial charge in [0.2, 0.25) is 0 Å². The van der Waals surface area contributed by atoms with Crippen molar-refractivity contribution >= 4 is 33.5 Å². The monoisotopic (exact) mass is 291 g/mol. The van der Waals surface area contributed by atoms with Crippen LogP contribution in [-0.2, 0) is 4.74 Å². The van der Waals surface area contributed by atoms with Crippen LogP contribution in [0.5, 0.6) is 0 Å². The number of alkyl halides is 1. The first-order chi connectivity index (χ1) is 7.06. The van der Waals surface area contributed by atoms with E-state index in [9.17, 15) is 4.79 Å². The number of carbonyl (C=O) groups is 1. The summed E-state index contributed by atoms with van der Waals surface area (Å²) in [5, 5.41) is 0.365. The van der Waals surface area contributed by atoms with E-state index < -0.39 is 0 Å². The van der Waals surface area contributed by atoms with Crippen LogP contribution in [0.25, 0.3) is 0 Å². The molecule has 0 aromatic carbocycles. The highest BCUT2D eigenvalue weighted by atomic mass is 79.9. The van der Waals surface area contributed by atoms with Gasteiger partial charge in [-0.3, -0.25) is 0 Å². The van der Waals surface area contributed by atoms with Gasteiger partial charge in [-0.05, 0) is 26.0 Å². The number of ether oxygens (including phenoxy) is 1. The molecule has 82 valence electrons. The molecule has 1 aromatic rings. The summed E-state index contributed by atoms with van der Waals surface area (Å²) in [6.07, 6.45) is 0. The van der Waals surface area contributed by atoms with Gasteiger partial charge in [0.05, 0.1) is 22.7 Å². The molecule has 1 heterocycles. The molecule has 0 aliphatic rings. The molecule has 0 amide bonds. The zero-order valence-corrected chi connectivity index (χ0v) is 10.8. The van der Waals surface area contributed by atoms with Crippen molar-refractivity contribution in [2.24, 2.45) is 0 Å². The molecule has 3 nitrogen and oxygen atoms in total. The number of hydrogen-bond donors (Lipinski definition) is 0. The van der Waals surface area contributed by atoms with E-state index in [1.807, 2.05) is 6.92 Å². The molecule has 0 saturated carbocycles. The fourth-order valence-electron chi connectivity index (χ4n) is 1.13. The van der Waals surface area contributed by atoms with Crippen LogP contribution in [0.1, 0.15) is 34.7 Å². The summed E-state index contributed by atoms with van der Waals surface area (Å²) in [5.74, 6) is -0.372. The highest BCUT2D eigenvalue weighted by Crippen LogP contribution is 2.25. The highest BCUT2D eigenvalue weighted by molar-refractivity contribution is 9.09. The van der Waals surface area contributed by atoms with E-state index >= 15 is 0 Å². The molecule has 0 radical (unpaired) electrons. The number of aromatic nitrogens is 1. The second kappa shape index (κ2) is 5.47. The fourth-order valence-corrected chi connectivity index (χ4v) is 1.64. The van der Waals surface area contributed by atoms with Crippen LogP contribution in [-0.4, -0.2) is 17.6 Å². The van der Waals surface area contributed by atoms with Gasteiger partial charge in [0.15, 0.2) is 0 Å². The molecule has 0 spiro atoms. The van der Waals surface area contributed by atoms with Crippen molar-refractivity contribution in [3.63, 3.8) is 0 Å². The van der Waals surface area contributed by atoms with Crippen LogP contribution in [0, 0.1) is 0 Å². The lowest BCUT2D eigenvalue weighted by Crippen LogP contribution is -2.10. The lowest BCUT2D eigenvalue weighted by molar-refractivity contribution is 0.0524. The summed E-state index contributed by atoms with van der Waals surface area (Å²) in [7, 11) is 0. The second-order valence-electron chi connectivity index (χ2n) is 2.90. The van der Waals surface area contributed by atoms with Gasteiger partial charge in [0.1, 0.15) is 5.15 Å². The van der Waals surface area contributed by atoms with Crippen LogP contribution in [0.15, 0.2) is 12.1 Å². The SMILES string of the molecule is CCOC(=O)c1ccc(Cl)nc1C(C)Br. The average molecular weight is 293 g/mol. The first kappa shape index (κ1) is 12.5. The fraction of sp³-hybridized carbons (Fsp3) is 0.400. The topological polar surface area (TPSA) is 39.2 Å². The Bertz CT molecular complexity index is 368. The van der Waals surface area contributed by atoms with E-state index in [0.29, 0.717) is 23.0 Å². The molecule has 0 aliphatic carbocycles. The summed E-state index contributed by atoms with van der Waals surface area (Å²) in [5.41, 5.74) is 1.05. The number of carbonyl (C=O) groups excluding carboxylic acids is 1. The molecule has 0 N–H and O–H groups in total. The summed E-state index contributed by atoms with van der Waals surface area (Å²) in [6.45, 7) is 3.98. The quantitative estimate of drug-likeness (QED) is 0.487. The predicted octanol–water partition coefficient (Wildman–Crippen LogP) is 3.37. The van der Waals surface area contributed by atoms with Gasteiger partial charge < -0.3 is 4.74 Å². The molecule has 1 unspecified atom stereocenters. The van der Waals surface area contributed by atoms with Gasteiger partial charge in [0, 0.05) is 0 Å². The lowest BCUT2D eigenvalue weighted by atomic mass is 10.1. The van der Waals surface area contributed by atoms with E-state index in [-0.39, 0.29) is 10.8 Å². The molecule has 0 aliphatic heterocycles. The van der Waals surface area contributed by atoms with Crippen molar-refractivity contribution < 1.29 is 9.53 Å². The Kier molecular flexibility index (Phi) is 4.54. The standard InChI is InChI=1S/C10H11BrClNO2/c1-3-15-10(14)7-4-5-8(12)13-9(7)6(2)11/h4-6H,3H2,1-2H3. The van der Waals surface area contributed by atoms with E-state index in [1.165, 1.54) is 0 Å². The van der Waals surface area contributed by atoms with Crippen molar-refractivity contribution in [3.05, 3.63) is 28.5 Å². The van der Waals surface area contributed by atoms with Gasteiger partial charge in [-0.1, -0.05) is 27.5 Å². The van der Waals surface area contributed by atoms with Crippen molar-refractivity contribution in [2.75, 3.05) is 6.61 Å². The highest BCUT2D eigenvalue weighted by Gasteiger charge is 2.17. The van der Waals surface area contributed by atoms with Gasteiger partial charge in [-0.15, -0.1) is 0 Å². The molecule has 5 heteroatoms. The normalized spacial score (nSPS) is 12.3. The van der Waals surface area contributed by atoms with Crippen molar-refractivity contribution in [1.29, 1.82) is 0 Å². The van der Waals surface area contributed by atoms with Gasteiger partial charge in [0.25, 0.3) is 0 Å². The number of hydrogen-bond acceptors (Lipinski definition) is 3. The molecular weight excluding hydrogens is 281 g/mol. The molecule has 0 saturated heterocycles. The van der Waals surface area contributed by atoms with Crippen LogP contribution < -0.4 is 0 Å². The van der Waals surface area contributed by atoms with Crippen LogP contribution >= 0.6 is 27.5 Å². The minimum atomic E-state index is -0.372. The second-order valence-corrected chi connectivity index (χ2v) is 4.66. The Morgan fingerprint density at radius 1 is 1.67 bits per heavy atom. The smallest absolute Gasteiger partial charge is 0.340 e. The van der Waals surface area contributed by atoms with Crippen molar-refractivity contribution in [3.8, 4) is 0 Å². The summed E-state index contributed by atoms with van der Waals surface area (Å²) < 4.78 is 4.92. The van der Waals surface area contributed by atoms with Gasteiger partial charge in [-0.25, -0.2) is 9.78 Å². The Morgan fingerprint density at radius 3 is 2.87 bits per heavy atom. The molecule has 15 heavy (non-hydrogen) atoms. The molecule has 0 bridgehead atoms. The van der Waals surface area contributed by atoms with Crippen LogP contribution in [0.2, 0.25) is 5.15 Å². The minimum Gasteiger partial charge on any atom is -0.462 e. The van der Waals surface area contributed by atoms with Crippen LogP contribution in [0.3, 0.4) is 0 Å². The average Bonchev–Trinajstić information content (AvgIpc) is 2.17. The third kappa shape index (κ3) is 3.18. The summed E-state index contributed by atoms with van der Waals surface area (Å²) in [6, 6.07) is 3.20. The summed E-state index contributed by atoms with van der Waals surface area (Å²) in [4.78, 5) is 15.6. The maximum atomic E-state index is 11.6. The van der Waals surface area contributed by atoms with E-state index in [2.05, 4.69) is 20.9 Å². The Labute approximate surface area is 102 Å². The molecule has 0 fully saturated rings. The largest absolute Gasteiger partial charge is 0.462 e. The van der Waals surface area contributed by atoms with Gasteiger partial charge >= 0.3 is 5.97 Å². The first-order valence-corrected chi connectivity index (χ1v) is 5.83. The van der Waals surface area contributed by atoms with Gasteiger partial charge in [-0.2, -0.15) is 0 Å². The molecule has 1 rings (SSSR count). The Hall–Kier alpha value is -0.610. The first-order valence-electron chi connectivity index (χ1n) is 4.54.